The first-order valence-electron chi connectivity index (χ1n) is 9.41. The molecule has 3 rings (SSSR count). The lowest BCUT2D eigenvalue weighted by atomic mass is 9.95. The van der Waals surface area contributed by atoms with E-state index in [0.717, 1.165) is 42.4 Å². The molecule has 0 saturated heterocycles. The number of thiophene rings is 1. The van der Waals surface area contributed by atoms with Crippen LogP contribution in [0.4, 0.5) is 10.7 Å². The molecule has 0 saturated carbocycles. The number of rotatable bonds is 6. The summed E-state index contributed by atoms with van der Waals surface area (Å²) in [5.41, 5.74) is 2.87. The number of hydrogen-bond acceptors (Lipinski definition) is 6. The smallest absolute Gasteiger partial charge is 0.341 e. The molecule has 0 radical (unpaired) electrons. The van der Waals surface area contributed by atoms with Crippen LogP contribution in [0.5, 0.6) is 0 Å². The zero-order valence-corrected chi connectivity index (χ0v) is 18.3. The molecule has 7 nitrogen and oxygen atoms in total. The fourth-order valence-corrected chi connectivity index (χ4v) is 5.27. The van der Waals surface area contributed by atoms with Gasteiger partial charge in [0, 0.05) is 10.4 Å². The highest BCUT2D eigenvalue weighted by molar-refractivity contribution is 7.92. The van der Waals surface area contributed by atoms with E-state index >= 15 is 0 Å². The van der Waals surface area contributed by atoms with Crippen LogP contribution in [-0.4, -0.2) is 33.2 Å². The fourth-order valence-electron chi connectivity index (χ4n) is 3.37. The summed E-state index contributed by atoms with van der Waals surface area (Å²) in [5, 5.41) is 3.37. The molecule has 1 amide bonds. The summed E-state index contributed by atoms with van der Waals surface area (Å²) in [7, 11) is -3.40. The predicted octanol–water partition coefficient (Wildman–Crippen LogP) is 3.74. The van der Waals surface area contributed by atoms with Crippen LogP contribution in [0.1, 0.15) is 56.5 Å². The Bertz CT molecular complexity index is 1060. The maximum atomic E-state index is 12.8. The summed E-state index contributed by atoms with van der Waals surface area (Å²) in [4.78, 5) is 26.5. The van der Waals surface area contributed by atoms with Crippen molar-refractivity contribution >= 4 is 43.9 Å². The molecular formula is C20H24N2O5S2. The van der Waals surface area contributed by atoms with Gasteiger partial charge in [-0.1, -0.05) is 0 Å². The van der Waals surface area contributed by atoms with Crippen molar-refractivity contribution < 1.29 is 22.7 Å². The van der Waals surface area contributed by atoms with Crippen LogP contribution < -0.4 is 10.0 Å². The minimum absolute atomic E-state index is 0.269. The Hall–Kier alpha value is -2.39. The van der Waals surface area contributed by atoms with Gasteiger partial charge >= 0.3 is 5.97 Å². The van der Waals surface area contributed by atoms with Crippen molar-refractivity contribution in [2.24, 2.45) is 0 Å². The van der Waals surface area contributed by atoms with Crippen molar-refractivity contribution in [3.05, 3.63) is 45.3 Å². The van der Waals surface area contributed by atoms with Gasteiger partial charge in [0.15, 0.2) is 0 Å². The molecule has 1 aromatic carbocycles. The first kappa shape index (κ1) is 21.3. The van der Waals surface area contributed by atoms with Crippen molar-refractivity contribution in [2.45, 2.75) is 39.5 Å². The quantitative estimate of drug-likeness (QED) is 0.672. The monoisotopic (exact) mass is 436 g/mol. The molecule has 2 aromatic rings. The molecular weight excluding hydrogens is 412 g/mol. The van der Waals surface area contributed by atoms with Gasteiger partial charge in [-0.2, -0.15) is 0 Å². The lowest BCUT2D eigenvalue weighted by molar-refractivity contribution is 0.0526. The van der Waals surface area contributed by atoms with Gasteiger partial charge in [0.05, 0.1) is 24.1 Å². The van der Waals surface area contributed by atoms with Crippen LogP contribution in [-0.2, 0) is 27.6 Å². The van der Waals surface area contributed by atoms with Crippen LogP contribution in [0.2, 0.25) is 0 Å². The summed E-state index contributed by atoms with van der Waals surface area (Å²) in [6.45, 7) is 3.74. The maximum absolute atomic E-state index is 12.8. The predicted molar refractivity (Wildman–Crippen MR) is 115 cm³/mol. The van der Waals surface area contributed by atoms with E-state index in [0.29, 0.717) is 27.4 Å². The van der Waals surface area contributed by atoms with Crippen molar-refractivity contribution in [1.29, 1.82) is 0 Å². The first-order chi connectivity index (χ1) is 13.7. The minimum atomic E-state index is -3.40. The Balaban J connectivity index is 1.88. The number of anilines is 2. The molecule has 29 heavy (non-hydrogen) atoms. The summed E-state index contributed by atoms with van der Waals surface area (Å²) < 4.78 is 30.5. The molecule has 0 aliphatic heterocycles. The van der Waals surface area contributed by atoms with Gasteiger partial charge in [-0.3, -0.25) is 9.52 Å². The number of amides is 1. The van der Waals surface area contributed by atoms with E-state index < -0.39 is 16.0 Å². The Morgan fingerprint density at radius 2 is 1.93 bits per heavy atom. The van der Waals surface area contributed by atoms with E-state index in [4.69, 9.17) is 4.74 Å². The molecule has 156 valence electrons. The third-order valence-corrected chi connectivity index (χ3v) is 6.46. The fraction of sp³-hybridized carbons (Fsp3) is 0.400. The number of benzene rings is 1. The number of aryl methyl sites for hydroxylation is 2. The molecule has 0 fully saturated rings. The molecule has 1 aromatic heterocycles. The second-order valence-corrected chi connectivity index (χ2v) is 9.85. The molecule has 1 aliphatic rings. The van der Waals surface area contributed by atoms with Crippen molar-refractivity contribution in [3.63, 3.8) is 0 Å². The van der Waals surface area contributed by atoms with Crippen LogP contribution in [0.3, 0.4) is 0 Å². The van der Waals surface area contributed by atoms with Gasteiger partial charge in [-0.05, 0) is 68.9 Å². The number of fused-ring (bicyclic) bond motifs is 1. The van der Waals surface area contributed by atoms with Crippen molar-refractivity contribution in [2.75, 3.05) is 22.9 Å². The molecule has 1 heterocycles. The third kappa shape index (κ3) is 4.97. The van der Waals surface area contributed by atoms with Gasteiger partial charge in [0.1, 0.15) is 5.00 Å². The first-order valence-corrected chi connectivity index (χ1v) is 12.1. The van der Waals surface area contributed by atoms with E-state index in [1.165, 1.54) is 11.3 Å². The number of nitrogens with one attached hydrogen (secondary N) is 2. The number of carbonyl (C=O) groups is 2. The molecule has 0 atom stereocenters. The molecule has 0 spiro atoms. The van der Waals surface area contributed by atoms with E-state index in [1.54, 1.807) is 32.0 Å². The van der Waals surface area contributed by atoms with E-state index in [1.807, 2.05) is 0 Å². The average molecular weight is 437 g/mol. The zero-order chi connectivity index (χ0) is 21.2. The Kier molecular flexibility index (Phi) is 6.28. The summed E-state index contributed by atoms with van der Waals surface area (Å²) in [6.07, 6.45) is 4.85. The number of ether oxygens (including phenoxy) is 1. The lowest BCUT2D eigenvalue weighted by Crippen LogP contribution is -2.16. The van der Waals surface area contributed by atoms with Crippen LogP contribution in [0, 0.1) is 6.92 Å². The largest absolute Gasteiger partial charge is 0.462 e. The number of esters is 1. The normalized spacial score (nSPS) is 13.5. The van der Waals surface area contributed by atoms with E-state index in [9.17, 15) is 18.0 Å². The summed E-state index contributed by atoms with van der Waals surface area (Å²) >= 11 is 1.43. The summed E-state index contributed by atoms with van der Waals surface area (Å²) in [5.74, 6) is -0.769. The number of hydrogen-bond donors (Lipinski definition) is 2. The highest BCUT2D eigenvalue weighted by Crippen LogP contribution is 2.38. The van der Waals surface area contributed by atoms with E-state index in [-0.39, 0.29) is 12.5 Å². The van der Waals surface area contributed by atoms with Gasteiger partial charge in [0.2, 0.25) is 10.0 Å². The van der Waals surface area contributed by atoms with Crippen molar-refractivity contribution in [3.8, 4) is 0 Å². The van der Waals surface area contributed by atoms with Gasteiger partial charge in [-0.15, -0.1) is 11.3 Å². The zero-order valence-electron chi connectivity index (χ0n) is 16.6. The second kappa shape index (κ2) is 8.54. The molecule has 0 unspecified atom stereocenters. The molecule has 2 N–H and O–H groups in total. The summed E-state index contributed by atoms with van der Waals surface area (Å²) in [6, 6.07) is 4.71. The highest BCUT2D eigenvalue weighted by atomic mass is 32.2. The third-order valence-electron chi connectivity index (χ3n) is 4.66. The minimum Gasteiger partial charge on any atom is -0.462 e. The number of sulfonamides is 1. The Morgan fingerprint density at radius 1 is 1.21 bits per heavy atom. The van der Waals surface area contributed by atoms with Crippen molar-refractivity contribution in [1.82, 2.24) is 0 Å². The van der Waals surface area contributed by atoms with Crippen LogP contribution >= 0.6 is 11.3 Å². The SMILES string of the molecule is CCOC(=O)c1c(NC(=O)c2ccc(NS(C)(=O)=O)c(C)c2)sc2c1CCCC2. The maximum Gasteiger partial charge on any atom is 0.341 e. The Labute approximate surface area is 174 Å². The second-order valence-electron chi connectivity index (χ2n) is 6.99. The van der Waals surface area contributed by atoms with Crippen LogP contribution in [0.25, 0.3) is 0 Å². The van der Waals surface area contributed by atoms with E-state index in [2.05, 4.69) is 10.0 Å². The topological polar surface area (TPSA) is 102 Å². The molecule has 1 aliphatic carbocycles. The lowest BCUT2D eigenvalue weighted by Gasteiger charge is -2.12. The van der Waals surface area contributed by atoms with Gasteiger partial charge < -0.3 is 10.1 Å². The highest BCUT2D eigenvalue weighted by Gasteiger charge is 2.27. The average Bonchev–Trinajstić information content (AvgIpc) is 3.00. The standard InChI is InChI=1S/C20H24N2O5S2/c1-4-27-20(24)17-14-7-5-6-8-16(14)28-19(17)21-18(23)13-9-10-15(12(2)11-13)22-29(3,25)26/h9-11,22H,4-8H2,1-3H3,(H,21,23). The molecule has 9 heteroatoms. The van der Waals surface area contributed by atoms with Gasteiger partial charge in [-0.25, -0.2) is 13.2 Å². The Morgan fingerprint density at radius 3 is 2.59 bits per heavy atom. The number of carbonyl (C=O) groups excluding carboxylic acids is 2. The van der Waals surface area contributed by atoms with Crippen LogP contribution in [0.15, 0.2) is 18.2 Å². The van der Waals surface area contributed by atoms with Gasteiger partial charge in [0.25, 0.3) is 5.91 Å². The molecule has 0 bridgehead atoms.